The average Bonchev–Trinajstić information content (AvgIpc) is 2.34. The maximum atomic E-state index is 11.7. The molecule has 0 aromatic rings. The fourth-order valence-electron chi connectivity index (χ4n) is 1.58. The predicted octanol–water partition coefficient (Wildman–Crippen LogP) is 0.803. The number of carbonyl (C=O) groups excluding carboxylic acids is 2. The Labute approximate surface area is 125 Å². The topological polar surface area (TPSA) is 108 Å². The number of carboxylic acids is 1. The number of amides is 3. The monoisotopic (exact) mass is 301 g/mol. The van der Waals surface area contributed by atoms with Crippen molar-refractivity contribution < 1.29 is 19.5 Å². The molecule has 2 atom stereocenters. The molecular weight excluding hydrogens is 274 g/mol. The minimum atomic E-state index is -0.951. The van der Waals surface area contributed by atoms with Gasteiger partial charge in [0, 0.05) is 13.1 Å². The molecule has 0 fully saturated rings. The van der Waals surface area contributed by atoms with Crippen molar-refractivity contribution in [3.63, 3.8) is 0 Å². The van der Waals surface area contributed by atoms with E-state index in [2.05, 4.69) is 16.0 Å². The lowest BCUT2D eigenvalue weighted by Gasteiger charge is -2.19. The first kappa shape index (κ1) is 19.2. The summed E-state index contributed by atoms with van der Waals surface area (Å²) in [5.41, 5.74) is 0. The van der Waals surface area contributed by atoms with Crippen LogP contribution in [0.5, 0.6) is 0 Å². The third-order valence-corrected chi connectivity index (χ3v) is 3.03. The number of hydrogen-bond donors (Lipinski definition) is 4. The van der Waals surface area contributed by atoms with Crippen LogP contribution in [0.15, 0.2) is 0 Å². The van der Waals surface area contributed by atoms with Crippen LogP contribution < -0.4 is 16.0 Å². The van der Waals surface area contributed by atoms with Gasteiger partial charge in [0.05, 0.1) is 5.92 Å². The van der Waals surface area contributed by atoms with Gasteiger partial charge in [-0.3, -0.25) is 9.59 Å². The van der Waals surface area contributed by atoms with Crippen molar-refractivity contribution >= 4 is 17.9 Å². The second-order valence-corrected chi connectivity index (χ2v) is 5.90. The molecule has 0 aliphatic heterocycles. The van der Waals surface area contributed by atoms with Crippen molar-refractivity contribution in [3.05, 3.63) is 0 Å². The van der Waals surface area contributed by atoms with E-state index in [0.29, 0.717) is 12.5 Å². The molecule has 0 aromatic heterocycles. The summed E-state index contributed by atoms with van der Waals surface area (Å²) in [6.07, 6.45) is 0. The van der Waals surface area contributed by atoms with Crippen LogP contribution >= 0.6 is 0 Å². The van der Waals surface area contributed by atoms with Gasteiger partial charge >= 0.3 is 12.0 Å². The molecule has 122 valence electrons. The molecule has 0 spiro atoms. The van der Waals surface area contributed by atoms with E-state index in [4.69, 9.17) is 5.11 Å². The molecule has 0 saturated carbocycles. The molecule has 0 aliphatic carbocycles. The molecule has 0 bridgehead atoms. The van der Waals surface area contributed by atoms with Gasteiger partial charge < -0.3 is 21.1 Å². The summed E-state index contributed by atoms with van der Waals surface area (Å²) in [4.78, 5) is 34.3. The summed E-state index contributed by atoms with van der Waals surface area (Å²) in [6.45, 7) is 9.65. The molecular formula is C14H27N3O4. The number of hydrogen-bond acceptors (Lipinski definition) is 3. The van der Waals surface area contributed by atoms with Gasteiger partial charge in [0.25, 0.3) is 0 Å². The van der Waals surface area contributed by atoms with Crippen LogP contribution in [0.25, 0.3) is 0 Å². The Balaban J connectivity index is 4.18. The van der Waals surface area contributed by atoms with Gasteiger partial charge in [-0.25, -0.2) is 4.79 Å². The Kier molecular flexibility index (Phi) is 8.42. The van der Waals surface area contributed by atoms with Crippen molar-refractivity contribution in [1.29, 1.82) is 0 Å². The summed E-state index contributed by atoms with van der Waals surface area (Å²) in [5.74, 6) is -1.63. The number of aliphatic carboxylic acids is 1. The molecule has 0 rings (SSSR count). The van der Waals surface area contributed by atoms with E-state index in [9.17, 15) is 14.4 Å². The molecule has 0 aromatic carbocycles. The molecule has 0 saturated heterocycles. The first-order valence-corrected chi connectivity index (χ1v) is 7.20. The summed E-state index contributed by atoms with van der Waals surface area (Å²) >= 11 is 0. The first-order chi connectivity index (χ1) is 9.65. The van der Waals surface area contributed by atoms with E-state index in [-0.39, 0.29) is 18.4 Å². The minimum Gasteiger partial charge on any atom is -0.481 e. The van der Waals surface area contributed by atoms with Crippen molar-refractivity contribution in [2.24, 2.45) is 17.8 Å². The van der Waals surface area contributed by atoms with Crippen LogP contribution in [-0.4, -0.2) is 42.1 Å². The van der Waals surface area contributed by atoms with Gasteiger partial charge in [-0.1, -0.05) is 27.7 Å². The molecule has 21 heavy (non-hydrogen) atoms. The zero-order valence-electron chi connectivity index (χ0n) is 13.4. The highest BCUT2D eigenvalue weighted by Crippen LogP contribution is 2.09. The van der Waals surface area contributed by atoms with Crippen LogP contribution in [0.1, 0.15) is 34.6 Å². The highest BCUT2D eigenvalue weighted by molar-refractivity contribution is 5.86. The largest absolute Gasteiger partial charge is 0.481 e. The normalized spacial score (nSPS) is 13.7. The number of nitrogens with one attached hydrogen (secondary N) is 3. The first-order valence-electron chi connectivity index (χ1n) is 7.20. The molecule has 2 unspecified atom stereocenters. The molecule has 4 N–H and O–H groups in total. The summed E-state index contributed by atoms with van der Waals surface area (Å²) in [5, 5.41) is 16.7. The SMILES string of the molecule is CC(C)CNC(=O)C(C)NC(=O)NCC(C(=O)O)C(C)C. The molecule has 0 aliphatic rings. The number of carbonyl (C=O) groups is 3. The number of carboxylic acid groups (broad SMARTS) is 1. The lowest BCUT2D eigenvalue weighted by molar-refractivity contribution is -0.143. The Morgan fingerprint density at radius 3 is 1.95 bits per heavy atom. The van der Waals surface area contributed by atoms with Crippen LogP contribution in [0.4, 0.5) is 4.79 Å². The molecule has 0 radical (unpaired) electrons. The maximum Gasteiger partial charge on any atom is 0.315 e. The number of rotatable bonds is 8. The van der Waals surface area contributed by atoms with E-state index >= 15 is 0 Å². The number of urea groups is 1. The van der Waals surface area contributed by atoms with Gasteiger partial charge in [-0.05, 0) is 18.8 Å². The van der Waals surface area contributed by atoms with E-state index < -0.39 is 24.0 Å². The quantitative estimate of drug-likeness (QED) is 0.532. The van der Waals surface area contributed by atoms with Gasteiger partial charge in [0.1, 0.15) is 6.04 Å². The minimum absolute atomic E-state index is 0.0270. The van der Waals surface area contributed by atoms with Crippen LogP contribution in [-0.2, 0) is 9.59 Å². The van der Waals surface area contributed by atoms with Crippen molar-refractivity contribution in [2.75, 3.05) is 13.1 Å². The summed E-state index contributed by atoms with van der Waals surface area (Å²) < 4.78 is 0. The Bertz CT molecular complexity index is 369. The van der Waals surface area contributed by atoms with E-state index in [1.807, 2.05) is 13.8 Å². The van der Waals surface area contributed by atoms with Crippen molar-refractivity contribution in [3.8, 4) is 0 Å². The van der Waals surface area contributed by atoms with Gasteiger partial charge in [-0.2, -0.15) is 0 Å². The summed E-state index contributed by atoms with van der Waals surface area (Å²) in [6, 6.07) is -1.22. The third kappa shape index (κ3) is 8.16. The average molecular weight is 301 g/mol. The molecule has 3 amide bonds. The van der Waals surface area contributed by atoms with Gasteiger partial charge in [-0.15, -0.1) is 0 Å². The zero-order valence-corrected chi connectivity index (χ0v) is 13.4. The van der Waals surface area contributed by atoms with E-state index in [1.165, 1.54) is 0 Å². The molecule has 7 nitrogen and oxygen atoms in total. The zero-order chi connectivity index (χ0) is 16.6. The highest BCUT2D eigenvalue weighted by Gasteiger charge is 2.22. The lowest BCUT2D eigenvalue weighted by Crippen LogP contribution is -2.50. The molecule has 0 heterocycles. The Hall–Kier alpha value is -1.79. The van der Waals surface area contributed by atoms with Crippen LogP contribution in [0.3, 0.4) is 0 Å². The van der Waals surface area contributed by atoms with Crippen LogP contribution in [0.2, 0.25) is 0 Å². The van der Waals surface area contributed by atoms with Crippen LogP contribution in [0, 0.1) is 17.8 Å². The second-order valence-electron chi connectivity index (χ2n) is 5.90. The van der Waals surface area contributed by atoms with Gasteiger partial charge in [0.15, 0.2) is 0 Å². The van der Waals surface area contributed by atoms with Gasteiger partial charge in [0.2, 0.25) is 5.91 Å². The summed E-state index contributed by atoms with van der Waals surface area (Å²) in [7, 11) is 0. The van der Waals surface area contributed by atoms with E-state index in [1.54, 1.807) is 20.8 Å². The smallest absolute Gasteiger partial charge is 0.315 e. The van der Waals surface area contributed by atoms with Crippen molar-refractivity contribution in [2.45, 2.75) is 40.7 Å². The fraction of sp³-hybridized carbons (Fsp3) is 0.786. The van der Waals surface area contributed by atoms with Crippen molar-refractivity contribution in [1.82, 2.24) is 16.0 Å². The Morgan fingerprint density at radius 2 is 1.52 bits per heavy atom. The predicted molar refractivity (Wildman–Crippen MR) is 79.8 cm³/mol. The maximum absolute atomic E-state index is 11.7. The highest BCUT2D eigenvalue weighted by atomic mass is 16.4. The molecule has 7 heteroatoms. The second kappa shape index (κ2) is 9.20. The third-order valence-electron chi connectivity index (χ3n) is 3.03. The van der Waals surface area contributed by atoms with E-state index in [0.717, 1.165) is 0 Å². The fourth-order valence-corrected chi connectivity index (χ4v) is 1.58. The lowest BCUT2D eigenvalue weighted by atomic mass is 9.96. The Morgan fingerprint density at radius 1 is 0.952 bits per heavy atom. The standard InChI is InChI=1S/C14H27N3O4/c1-8(2)6-15-12(18)10(5)17-14(21)16-7-11(9(3)4)13(19)20/h8-11H,6-7H2,1-5H3,(H,15,18)(H,19,20)(H2,16,17,21).